The molecule has 4 heteroatoms. The molecule has 0 aliphatic heterocycles. The van der Waals surface area contributed by atoms with Crippen LogP contribution in [0.25, 0.3) is 11.0 Å². The number of hydrogen-bond acceptors (Lipinski definition) is 3. The average Bonchev–Trinajstić information content (AvgIpc) is 2.64. The van der Waals surface area contributed by atoms with Crippen molar-refractivity contribution in [2.24, 2.45) is 0 Å². The van der Waals surface area contributed by atoms with Crippen molar-refractivity contribution in [2.45, 2.75) is 6.92 Å². The van der Waals surface area contributed by atoms with Gasteiger partial charge in [-0.2, -0.15) is 0 Å². The fourth-order valence-corrected chi connectivity index (χ4v) is 1.49. The predicted octanol–water partition coefficient (Wildman–Crippen LogP) is 2.25. The van der Waals surface area contributed by atoms with Gasteiger partial charge in [0, 0.05) is 17.0 Å². The largest absolute Gasteiger partial charge is 0.475 e. The SMILES string of the molecule is Cc1ccc(C=O)c2cc(C(=O)O)oc12. The topological polar surface area (TPSA) is 67.5 Å². The number of aromatic carboxylic acids is 1. The van der Waals surface area contributed by atoms with Gasteiger partial charge >= 0.3 is 5.97 Å². The fraction of sp³-hybridized carbons (Fsp3) is 0.0909. The number of furan rings is 1. The predicted molar refractivity (Wildman–Crippen MR) is 53.3 cm³/mol. The second-order valence-corrected chi connectivity index (χ2v) is 3.25. The van der Waals surface area contributed by atoms with Gasteiger partial charge in [0.05, 0.1) is 0 Å². The van der Waals surface area contributed by atoms with E-state index in [9.17, 15) is 9.59 Å². The lowest BCUT2D eigenvalue weighted by Gasteiger charge is -1.95. The van der Waals surface area contributed by atoms with Gasteiger partial charge in [-0.05, 0) is 12.5 Å². The minimum Gasteiger partial charge on any atom is -0.475 e. The minimum absolute atomic E-state index is 0.151. The third-order valence-corrected chi connectivity index (χ3v) is 2.25. The van der Waals surface area contributed by atoms with E-state index in [1.165, 1.54) is 6.07 Å². The molecular weight excluding hydrogens is 196 g/mol. The summed E-state index contributed by atoms with van der Waals surface area (Å²) in [5.41, 5.74) is 1.70. The molecule has 0 amide bonds. The van der Waals surface area contributed by atoms with Gasteiger partial charge in [-0.25, -0.2) is 4.79 Å². The Labute approximate surface area is 85.1 Å². The monoisotopic (exact) mass is 204 g/mol. The smallest absolute Gasteiger partial charge is 0.371 e. The number of carboxylic acid groups (broad SMARTS) is 1. The molecule has 0 aliphatic rings. The Balaban J connectivity index is 2.83. The lowest BCUT2D eigenvalue weighted by Crippen LogP contribution is -1.91. The number of aldehydes is 1. The van der Waals surface area contributed by atoms with Crippen LogP contribution in [0.5, 0.6) is 0 Å². The Morgan fingerprint density at radius 2 is 2.20 bits per heavy atom. The number of carboxylic acids is 1. The Morgan fingerprint density at radius 1 is 1.47 bits per heavy atom. The Bertz CT molecular complexity index is 551. The molecule has 1 aromatic heterocycles. The zero-order valence-electron chi connectivity index (χ0n) is 7.98. The molecule has 1 heterocycles. The molecule has 1 N–H and O–H groups in total. The number of fused-ring (bicyclic) bond motifs is 1. The number of carbonyl (C=O) groups is 2. The number of rotatable bonds is 2. The van der Waals surface area contributed by atoms with Crippen molar-refractivity contribution in [2.75, 3.05) is 0 Å². The standard InChI is InChI=1S/C11H8O4/c1-6-2-3-7(5-12)8-4-9(11(13)14)15-10(6)8/h2-5H,1H3,(H,13,14). The average molecular weight is 204 g/mol. The van der Waals surface area contributed by atoms with Crippen molar-refractivity contribution in [1.29, 1.82) is 0 Å². The molecule has 0 atom stereocenters. The number of aryl methyl sites for hydroxylation is 1. The zero-order valence-corrected chi connectivity index (χ0v) is 7.98. The molecule has 15 heavy (non-hydrogen) atoms. The lowest BCUT2D eigenvalue weighted by molar-refractivity contribution is 0.0665. The summed E-state index contributed by atoms with van der Waals surface area (Å²) in [6, 6.07) is 4.74. The summed E-state index contributed by atoms with van der Waals surface area (Å²) in [7, 11) is 0. The summed E-state index contributed by atoms with van der Waals surface area (Å²) < 4.78 is 5.14. The summed E-state index contributed by atoms with van der Waals surface area (Å²) in [4.78, 5) is 21.4. The van der Waals surface area contributed by atoms with Crippen molar-refractivity contribution in [3.63, 3.8) is 0 Å². The van der Waals surface area contributed by atoms with E-state index in [0.29, 0.717) is 22.8 Å². The lowest BCUT2D eigenvalue weighted by atomic mass is 10.1. The van der Waals surface area contributed by atoms with Crippen LogP contribution in [0.3, 0.4) is 0 Å². The molecule has 0 spiro atoms. The van der Waals surface area contributed by atoms with Crippen LogP contribution in [0.4, 0.5) is 0 Å². The van der Waals surface area contributed by atoms with Gasteiger partial charge in [-0.1, -0.05) is 12.1 Å². The van der Waals surface area contributed by atoms with Gasteiger partial charge in [0.25, 0.3) is 0 Å². The first-order valence-corrected chi connectivity index (χ1v) is 4.35. The highest BCUT2D eigenvalue weighted by atomic mass is 16.4. The molecule has 0 unspecified atom stereocenters. The first kappa shape index (κ1) is 9.45. The molecule has 2 aromatic rings. The maximum atomic E-state index is 10.7. The first-order valence-electron chi connectivity index (χ1n) is 4.35. The van der Waals surface area contributed by atoms with Crippen LogP contribution in [-0.4, -0.2) is 17.4 Å². The van der Waals surface area contributed by atoms with Gasteiger partial charge in [-0.15, -0.1) is 0 Å². The molecule has 0 aliphatic carbocycles. The molecule has 0 bridgehead atoms. The summed E-state index contributed by atoms with van der Waals surface area (Å²) >= 11 is 0. The first-order chi connectivity index (χ1) is 7.13. The Hall–Kier alpha value is -2.10. The molecule has 76 valence electrons. The van der Waals surface area contributed by atoms with Crippen LogP contribution >= 0.6 is 0 Å². The van der Waals surface area contributed by atoms with Crippen LogP contribution in [0.15, 0.2) is 22.6 Å². The fourth-order valence-electron chi connectivity index (χ4n) is 1.49. The van der Waals surface area contributed by atoms with Crippen LogP contribution in [0, 0.1) is 6.92 Å². The molecule has 0 radical (unpaired) electrons. The van der Waals surface area contributed by atoms with E-state index in [2.05, 4.69) is 0 Å². The van der Waals surface area contributed by atoms with E-state index in [1.807, 2.05) is 0 Å². The molecule has 1 aromatic carbocycles. The molecular formula is C11H8O4. The Morgan fingerprint density at radius 3 is 2.80 bits per heavy atom. The Kier molecular flexibility index (Phi) is 2.04. The van der Waals surface area contributed by atoms with Crippen LogP contribution < -0.4 is 0 Å². The normalized spacial score (nSPS) is 10.5. The molecule has 0 saturated carbocycles. The van der Waals surface area contributed by atoms with E-state index in [1.54, 1.807) is 19.1 Å². The van der Waals surface area contributed by atoms with Gasteiger partial charge in [0.2, 0.25) is 5.76 Å². The van der Waals surface area contributed by atoms with Crippen molar-refractivity contribution in [3.8, 4) is 0 Å². The summed E-state index contributed by atoms with van der Waals surface area (Å²) in [6.07, 6.45) is 0.683. The third kappa shape index (κ3) is 1.40. The highest BCUT2D eigenvalue weighted by Gasteiger charge is 2.14. The minimum atomic E-state index is -1.14. The molecule has 0 fully saturated rings. The number of carbonyl (C=O) groups excluding carboxylic acids is 1. The highest BCUT2D eigenvalue weighted by Crippen LogP contribution is 2.25. The quantitative estimate of drug-likeness (QED) is 0.762. The van der Waals surface area contributed by atoms with Crippen molar-refractivity contribution < 1.29 is 19.1 Å². The van der Waals surface area contributed by atoms with Crippen molar-refractivity contribution >= 4 is 23.2 Å². The van der Waals surface area contributed by atoms with E-state index in [-0.39, 0.29) is 5.76 Å². The number of benzene rings is 1. The highest BCUT2D eigenvalue weighted by molar-refractivity contribution is 6.00. The third-order valence-electron chi connectivity index (χ3n) is 2.25. The van der Waals surface area contributed by atoms with Gasteiger partial charge < -0.3 is 9.52 Å². The molecule has 4 nitrogen and oxygen atoms in total. The second kappa shape index (κ2) is 3.24. The number of hydrogen-bond donors (Lipinski definition) is 1. The summed E-state index contributed by atoms with van der Waals surface area (Å²) in [6.45, 7) is 1.80. The second-order valence-electron chi connectivity index (χ2n) is 3.25. The van der Waals surface area contributed by atoms with Crippen molar-refractivity contribution in [1.82, 2.24) is 0 Å². The van der Waals surface area contributed by atoms with Crippen molar-refractivity contribution in [3.05, 3.63) is 35.1 Å². The molecule has 2 rings (SSSR count). The maximum Gasteiger partial charge on any atom is 0.371 e. The van der Waals surface area contributed by atoms with Crippen LogP contribution in [-0.2, 0) is 0 Å². The summed E-state index contributed by atoms with van der Waals surface area (Å²) in [5, 5.41) is 9.30. The maximum absolute atomic E-state index is 10.7. The van der Waals surface area contributed by atoms with Gasteiger partial charge in [0.15, 0.2) is 6.29 Å². The van der Waals surface area contributed by atoms with E-state index >= 15 is 0 Å². The van der Waals surface area contributed by atoms with E-state index < -0.39 is 5.97 Å². The van der Waals surface area contributed by atoms with Gasteiger partial charge in [-0.3, -0.25) is 4.79 Å². The van der Waals surface area contributed by atoms with E-state index in [4.69, 9.17) is 9.52 Å². The van der Waals surface area contributed by atoms with Gasteiger partial charge in [0.1, 0.15) is 5.58 Å². The summed E-state index contributed by atoms with van der Waals surface area (Å²) in [5.74, 6) is -1.29. The van der Waals surface area contributed by atoms with E-state index in [0.717, 1.165) is 5.56 Å². The van der Waals surface area contributed by atoms with Crippen LogP contribution in [0.2, 0.25) is 0 Å². The van der Waals surface area contributed by atoms with Crippen LogP contribution in [0.1, 0.15) is 26.5 Å². The zero-order chi connectivity index (χ0) is 11.0. The molecule has 0 saturated heterocycles.